The number of fused-ring (bicyclic) bond motifs is 1. The highest BCUT2D eigenvalue weighted by Crippen LogP contribution is 2.33. The first kappa shape index (κ1) is 23.6. The second-order valence-corrected chi connectivity index (χ2v) is 7.56. The number of hydrogen-bond donors (Lipinski definition) is 1. The number of rotatable bonds is 9. The van der Waals surface area contributed by atoms with Crippen LogP contribution in [0.5, 0.6) is 23.0 Å². The molecule has 1 amide bonds. The predicted molar refractivity (Wildman–Crippen MR) is 126 cm³/mol. The molecular formula is C27H23FN2O5. The van der Waals surface area contributed by atoms with E-state index < -0.39 is 5.91 Å². The van der Waals surface area contributed by atoms with Crippen molar-refractivity contribution < 1.29 is 28.1 Å². The average Bonchev–Trinajstić information content (AvgIpc) is 3.34. The number of benzene rings is 3. The lowest BCUT2D eigenvalue weighted by molar-refractivity contribution is -0.117. The zero-order valence-electron chi connectivity index (χ0n) is 19.0. The highest BCUT2D eigenvalue weighted by atomic mass is 19.1. The quantitative estimate of drug-likeness (QED) is 0.355. The standard InChI is InChI=1S/C27H23FN2O5/c1-2-32-25-12-18(7-9-23(25)33-16-20-5-3-4-6-22(20)28)11-21(14-29)27(31)30-15-19-8-10-24-26(13-19)35-17-34-24/h3-13H,2,15-17H2,1H3,(H,30,31)/b21-11+. The van der Waals surface area contributed by atoms with Gasteiger partial charge >= 0.3 is 0 Å². The van der Waals surface area contributed by atoms with Crippen molar-refractivity contribution in [2.45, 2.75) is 20.1 Å². The second kappa shape index (κ2) is 11.1. The number of nitrogens with one attached hydrogen (secondary N) is 1. The first-order valence-corrected chi connectivity index (χ1v) is 11.0. The van der Waals surface area contributed by atoms with E-state index in [1.54, 1.807) is 48.5 Å². The van der Waals surface area contributed by atoms with Crippen molar-refractivity contribution in [1.29, 1.82) is 5.26 Å². The zero-order valence-corrected chi connectivity index (χ0v) is 19.0. The Bertz CT molecular complexity index is 1300. The fraction of sp³-hybridized carbons (Fsp3) is 0.185. The van der Waals surface area contributed by atoms with E-state index in [-0.39, 0.29) is 31.3 Å². The maximum absolute atomic E-state index is 13.9. The SMILES string of the molecule is CCOc1cc(/C=C(\C#N)C(=O)NCc2ccc3c(c2)OCO3)ccc1OCc1ccccc1F. The van der Waals surface area contributed by atoms with E-state index in [4.69, 9.17) is 18.9 Å². The summed E-state index contributed by atoms with van der Waals surface area (Å²) in [5.74, 6) is 1.27. The molecule has 0 saturated heterocycles. The van der Waals surface area contributed by atoms with Gasteiger partial charge in [-0.1, -0.05) is 30.3 Å². The van der Waals surface area contributed by atoms with Crippen LogP contribution in [0.25, 0.3) is 6.08 Å². The minimum atomic E-state index is -0.511. The van der Waals surface area contributed by atoms with Gasteiger partial charge in [-0.15, -0.1) is 0 Å². The van der Waals surface area contributed by atoms with Gasteiger partial charge in [-0.05, 0) is 54.5 Å². The lowest BCUT2D eigenvalue weighted by atomic mass is 10.1. The summed E-state index contributed by atoms with van der Waals surface area (Å²) in [4.78, 5) is 12.6. The smallest absolute Gasteiger partial charge is 0.262 e. The van der Waals surface area contributed by atoms with Crippen molar-refractivity contribution in [3.63, 3.8) is 0 Å². The molecule has 3 aromatic rings. The van der Waals surface area contributed by atoms with Crippen LogP contribution in [-0.4, -0.2) is 19.3 Å². The van der Waals surface area contributed by atoms with Gasteiger partial charge in [0.05, 0.1) is 6.61 Å². The Morgan fingerprint density at radius 2 is 1.91 bits per heavy atom. The average molecular weight is 474 g/mol. The third kappa shape index (κ3) is 5.89. The molecule has 0 radical (unpaired) electrons. The number of halogens is 1. The van der Waals surface area contributed by atoms with E-state index in [2.05, 4.69) is 5.32 Å². The van der Waals surface area contributed by atoms with Gasteiger partial charge in [-0.2, -0.15) is 5.26 Å². The molecule has 1 heterocycles. The normalized spacial score (nSPS) is 12.1. The van der Waals surface area contributed by atoms with Crippen LogP contribution >= 0.6 is 0 Å². The molecule has 0 spiro atoms. The van der Waals surface area contributed by atoms with Crippen LogP contribution in [-0.2, 0) is 17.9 Å². The number of nitriles is 1. The van der Waals surface area contributed by atoms with Crippen LogP contribution in [0.1, 0.15) is 23.6 Å². The Kier molecular flexibility index (Phi) is 7.48. The molecule has 7 nitrogen and oxygen atoms in total. The van der Waals surface area contributed by atoms with Gasteiger partial charge in [-0.3, -0.25) is 4.79 Å². The summed E-state index contributed by atoms with van der Waals surface area (Å²) in [7, 11) is 0. The maximum atomic E-state index is 13.9. The highest BCUT2D eigenvalue weighted by molar-refractivity contribution is 6.01. The Morgan fingerprint density at radius 1 is 1.09 bits per heavy atom. The third-order valence-corrected chi connectivity index (χ3v) is 5.17. The number of hydrogen-bond acceptors (Lipinski definition) is 6. The molecule has 0 unspecified atom stereocenters. The monoisotopic (exact) mass is 474 g/mol. The summed E-state index contributed by atoms with van der Waals surface area (Å²) in [6.07, 6.45) is 1.47. The molecular weight excluding hydrogens is 451 g/mol. The minimum absolute atomic E-state index is 0.0354. The first-order chi connectivity index (χ1) is 17.1. The number of nitrogens with zero attached hydrogens (tertiary/aromatic N) is 1. The second-order valence-electron chi connectivity index (χ2n) is 7.56. The van der Waals surface area contributed by atoms with E-state index >= 15 is 0 Å². The summed E-state index contributed by atoms with van der Waals surface area (Å²) in [6.45, 7) is 2.64. The van der Waals surface area contributed by atoms with Gasteiger partial charge in [0, 0.05) is 12.1 Å². The molecule has 1 aliphatic rings. The summed E-state index contributed by atoms with van der Waals surface area (Å²) in [5, 5.41) is 12.3. The molecule has 0 aliphatic carbocycles. The van der Waals surface area contributed by atoms with Crippen molar-refractivity contribution in [3.05, 3.63) is 88.7 Å². The lowest BCUT2D eigenvalue weighted by Crippen LogP contribution is -2.23. The van der Waals surface area contributed by atoms with E-state index in [1.807, 2.05) is 19.1 Å². The van der Waals surface area contributed by atoms with Crippen LogP contribution in [0.2, 0.25) is 0 Å². The van der Waals surface area contributed by atoms with Gasteiger partial charge in [0.15, 0.2) is 23.0 Å². The summed E-state index contributed by atoms with van der Waals surface area (Å²) < 4.78 is 35.9. The van der Waals surface area contributed by atoms with Gasteiger partial charge in [0.25, 0.3) is 5.91 Å². The van der Waals surface area contributed by atoms with Crippen LogP contribution in [0.3, 0.4) is 0 Å². The van der Waals surface area contributed by atoms with Crippen LogP contribution < -0.4 is 24.3 Å². The van der Waals surface area contributed by atoms with Gasteiger partial charge in [-0.25, -0.2) is 4.39 Å². The molecule has 0 saturated carbocycles. The van der Waals surface area contributed by atoms with E-state index in [0.29, 0.717) is 40.7 Å². The van der Waals surface area contributed by atoms with E-state index in [0.717, 1.165) is 5.56 Å². The number of carbonyl (C=O) groups excluding carboxylic acids is 1. The molecule has 1 aliphatic heterocycles. The number of ether oxygens (including phenoxy) is 4. The van der Waals surface area contributed by atoms with Gasteiger partial charge < -0.3 is 24.3 Å². The zero-order chi connectivity index (χ0) is 24.6. The summed E-state index contributed by atoms with van der Waals surface area (Å²) in [6, 6.07) is 18.7. The summed E-state index contributed by atoms with van der Waals surface area (Å²) in [5.41, 5.74) is 1.76. The van der Waals surface area contributed by atoms with Crippen molar-refractivity contribution >= 4 is 12.0 Å². The van der Waals surface area contributed by atoms with Crippen molar-refractivity contribution in [2.75, 3.05) is 13.4 Å². The number of carbonyl (C=O) groups is 1. The van der Waals surface area contributed by atoms with E-state index in [1.165, 1.54) is 12.1 Å². The third-order valence-electron chi connectivity index (χ3n) is 5.17. The first-order valence-electron chi connectivity index (χ1n) is 11.0. The molecule has 1 N–H and O–H groups in total. The summed E-state index contributed by atoms with van der Waals surface area (Å²) >= 11 is 0. The Balaban J connectivity index is 1.45. The number of amides is 1. The van der Waals surface area contributed by atoms with Crippen LogP contribution in [0.4, 0.5) is 4.39 Å². The molecule has 0 atom stereocenters. The topological polar surface area (TPSA) is 89.8 Å². The fourth-order valence-corrected chi connectivity index (χ4v) is 3.42. The molecule has 0 bridgehead atoms. The molecule has 0 fully saturated rings. The lowest BCUT2D eigenvalue weighted by Gasteiger charge is -2.13. The van der Waals surface area contributed by atoms with Crippen molar-refractivity contribution in [3.8, 4) is 29.1 Å². The minimum Gasteiger partial charge on any atom is -0.490 e. The molecule has 4 rings (SSSR count). The Labute approximate surface area is 202 Å². The largest absolute Gasteiger partial charge is 0.490 e. The van der Waals surface area contributed by atoms with Crippen molar-refractivity contribution in [1.82, 2.24) is 5.32 Å². The molecule has 35 heavy (non-hydrogen) atoms. The highest BCUT2D eigenvalue weighted by Gasteiger charge is 2.15. The van der Waals surface area contributed by atoms with E-state index in [9.17, 15) is 14.4 Å². The van der Waals surface area contributed by atoms with Crippen molar-refractivity contribution in [2.24, 2.45) is 0 Å². The Hall–Kier alpha value is -4.51. The molecule has 178 valence electrons. The van der Waals surface area contributed by atoms with Crippen LogP contribution in [0, 0.1) is 17.1 Å². The maximum Gasteiger partial charge on any atom is 0.262 e. The molecule has 0 aromatic heterocycles. The van der Waals surface area contributed by atoms with Gasteiger partial charge in [0.1, 0.15) is 24.1 Å². The molecule has 3 aromatic carbocycles. The van der Waals surface area contributed by atoms with Crippen LogP contribution in [0.15, 0.2) is 66.2 Å². The molecule has 8 heteroatoms. The fourth-order valence-electron chi connectivity index (χ4n) is 3.42. The predicted octanol–water partition coefficient (Wildman–Crippen LogP) is 4.76. The van der Waals surface area contributed by atoms with Gasteiger partial charge in [0.2, 0.25) is 6.79 Å². The Morgan fingerprint density at radius 3 is 2.71 bits per heavy atom.